The maximum absolute atomic E-state index is 12.4. The smallest absolute Gasteiger partial charge is 0.242 e. The lowest BCUT2D eigenvalue weighted by Crippen LogP contribution is -2.35. The van der Waals surface area contributed by atoms with E-state index in [0.29, 0.717) is 12.6 Å². The number of likely N-dealkylation sites (N-methyl/N-ethyl adjacent to an activating group) is 1. The predicted molar refractivity (Wildman–Crippen MR) is 77.1 cm³/mol. The van der Waals surface area contributed by atoms with Crippen LogP contribution < -0.4 is 0 Å². The number of aryl methyl sites for hydroxylation is 1. The van der Waals surface area contributed by atoms with Crippen LogP contribution in [0, 0.1) is 6.92 Å². The van der Waals surface area contributed by atoms with Crippen LogP contribution in [0.4, 0.5) is 0 Å². The number of nitrogens with zero attached hydrogens (tertiary/aromatic N) is 2. The molecule has 0 spiro atoms. The summed E-state index contributed by atoms with van der Waals surface area (Å²) in [7, 11) is 0. The van der Waals surface area contributed by atoms with Crippen molar-refractivity contribution >= 4 is 16.8 Å². The SMILES string of the molecule is CCN(C(=O)Cn1ccc2c(C)cccc21)C1CC1. The molecule has 0 bridgehead atoms. The van der Waals surface area contributed by atoms with Gasteiger partial charge in [0.1, 0.15) is 6.54 Å². The van der Waals surface area contributed by atoms with E-state index >= 15 is 0 Å². The minimum absolute atomic E-state index is 0.240. The van der Waals surface area contributed by atoms with Crippen LogP contribution in [-0.4, -0.2) is 28.0 Å². The molecule has 3 rings (SSSR count). The monoisotopic (exact) mass is 256 g/mol. The Morgan fingerprint density at radius 3 is 2.84 bits per heavy atom. The molecule has 1 fully saturated rings. The zero-order valence-corrected chi connectivity index (χ0v) is 11.6. The van der Waals surface area contributed by atoms with Crippen molar-refractivity contribution in [3.63, 3.8) is 0 Å². The molecule has 1 amide bonds. The molecule has 0 saturated heterocycles. The summed E-state index contributed by atoms with van der Waals surface area (Å²) in [6.07, 6.45) is 4.37. The van der Waals surface area contributed by atoms with Gasteiger partial charge >= 0.3 is 0 Å². The Bertz CT molecular complexity index is 610. The van der Waals surface area contributed by atoms with Gasteiger partial charge in [-0.05, 0) is 44.4 Å². The largest absolute Gasteiger partial charge is 0.338 e. The van der Waals surface area contributed by atoms with E-state index in [4.69, 9.17) is 0 Å². The van der Waals surface area contributed by atoms with Crippen molar-refractivity contribution in [1.82, 2.24) is 9.47 Å². The van der Waals surface area contributed by atoms with E-state index in [-0.39, 0.29) is 5.91 Å². The van der Waals surface area contributed by atoms with Crippen molar-refractivity contribution in [2.45, 2.75) is 39.3 Å². The highest BCUT2D eigenvalue weighted by molar-refractivity contribution is 5.85. The van der Waals surface area contributed by atoms with Crippen LogP contribution in [0.5, 0.6) is 0 Å². The van der Waals surface area contributed by atoms with Gasteiger partial charge in [0.2, 0.25) is 5.91 Å². The summed E-state index contributed by atoms with van der Waals surface area (Å²) >= 11 is 0. The Balaban J connectivity index is 1.85. The van der Waals surface area contributed by atoms with Crippen LogP contribution in [-0.2, 0) is 11.3 Å². The van der Waals surface area contributed by atoms with E-state index in [2.05, 4.69) is 42.7 Å². The first-order valence-electron chi connectivity index (χ1n) is 7.04. The molecule has 1 aliphatic rings. The van der Waals surface area contributed by atoms with Gasteiger partial charge < -0.3 is 9.47 Å². The van der Waals surface area contributed by atoms with Gasteiger partial charge in [-0.2, -0.15) is 0 Å². The summed E-state index contributed by atoms with van der Waals surface area (Å²) in [6.45, 7) is 5.45. The van der Waals surface area contributed by atoms with Crippen molar-refractivity contribution in [3.8, 4) is 0 Å². The second-order valence-corrected chi connectivity index (χ2v) is 5.36. The number of benzene rings is 1. The second kappa shape index (κ2) is 4.72. The third-order valence-electron chi connectivity index (χ3n) is 3.99. The summed E-state index contributed by atoms with van der Waals surface area (Å²) in [5.41, 5.74) is 2.42. The summed E-state index contributed by atoms with van der Waals surface area (Å²) in [5.74, 6) is 0.240. The summed E-state index contributed by atoms with van der Waals surface area (Å²) < 4.78 is 2.07. The van der Waals surface area contributed by atoms with Crippen LogP contribution >= 0.6 is 0 Å². The van der Waals surface area contributed by atoms with Crippen molar-refractivity contribution in [1.29, 1.82) is 0 Å². The molecule has 0 N–H and O–H groups in total. The maximum Gasteiger partial charge on any atom is 0.242 e. The topological polar surface area (TPSA) is 25.2 Å². The third kappa shape index (κ3) is 2.25. The quantitative estimate of drug-likeness (QED) is 0.825. The standard InChI is InChI=1S/C16H20N2O/c1-3-18(13-7-8-13)16(19)11-17-10-9-14-12(2)5-4-6-15(14)17/h4-6,9-10,13H,3,7-8,11H2,1-2H3. The van der Waals surface area contributed by atoms with Gasteiger partial charge in [-0.15, -0.1) is 0 Å². The molecule has 19 heavy (non-hydrogen) atoms. The van der Waals surface area contributed by atoms with E-state index in [1.54, 1.807) is 0 Å². The van der Waals surface area contributed by atoms with Gasteiger partial charge in [0.15, 0.2) is 0 Å². The summed E-state index contributed by atoms with van der Waals surface area (Å²) in [4.78, 5) is 14.4. The maximum atomic E-state index is 12.4. The van der Waals surface area contributed by atoms with Gasteiger partial charge in [0.05, 0.1) is 0 Å². The van der Waals surface area contributed by atoms with E-state index in [1.807, 2.05) is 11.1 Å². The molecule has 1 aromatic carbocycles. The Morgan fingerprint density at radius 1 is 1.37 bits per heavy atom. The predicted octanol–water partition coefficient (Wildman–Crippen LogP) is 2.96. The average Bonchev–Trinajstić information content (AvgIpc) is 3.13. The Kier molecular flexibility index (Phi) is 3.05. The molecule has 0 radical (unpaired) electrons. The first kappa shape index (κ1) is 12.3. The molecule has 0 atom stereocenters. The number of rotatable bonds is 4. The minimum atomic E-state index is 0.240. The highest BCUT2D eigenvalue weighted by Gasteiger charge is 2.31. The third-order valence-corrected chi connectivity index (χ3v) is 3.99. The van der Waals surface area contributed by atoms with Gasteiger partial charge in [-0.25, -0.2) is 0 Å². The van der Waals surface area contributed by atoms with E-state index < -0.39 is 0 Å². The van der Waals surface area contributed by atoms with Gasteiger partial charge in [-0.1, -0.05) is 12.1 Å². The first-order valence-corrected chi connectivity index (χ1v) is 7.04. The highest BCUT2D eigenvalue weighted by atomic mass is 16.2. The van der Waals surface area contributed by atoms with E-state index in [1.165, 1.54) is 23.8 Å². The number of aromatic nitrogens is 1. The summed E-state index contributed by atoms with van der Waals surface area (Å²) in [6, 6.07) is 8.85. The fraction of sp³-hybridized carbons (Fsp3) is 0.438. The highest BCUT2D eigenvalue weighted by Crippen LogP contribution is 2.27. The van der Waals surface area contributed by atoms with E-state index in [9.17, 15) is 4.79 Å². The molecule has 3 heteroatoms. The number of hydrogen-bond donors (Lipinski definition) is 0. The number of carbonyl (C=O) groups is 1. The average molecular weight is 256 g/mol. The number of hydrogen-bond acceptors (Lipinski definition) is 1. The number of fused-ring (bicyclic) bond motifs is 1. The first-order chi connectivity index (χ1) is 9.20. The van der Waals surface area contributed by atoms with Crippen LogP contribution in [0.1, 0.15) is 25.3 Å². The van der Waals surface area contributed by atoms with Crippen LogP contribution in [0.3, 0.4) is 0 Å². The molecule has 1 aliphatic carbocycles. The van der Waals surface area contributed by atoms with Gasteiger partial charge in [-0.3, -0.25) is 4.79 Å². The number of carbonyl (C=O) groups excluding carboxylic acids is 1. The van der Waals surface area contributed by atoms with Crippen molar-refractivity contribution < 1.29 is 4.79 Å². The van der Waals surface area contributed by atoms with E-state index in [0.717, 1.165) is 12.1 Å². The molecule has 1 saturated carbocycles. The van der Waals surface area contributed by atoms with Gasteiger partial charge in [0, 0.05) is 29.7 Å². The fourth-order valence-electron chi connectivity index (χ4n) is 2.78. The minimum Gasteiger partial charge on any atom is -0.338 e. The Morgan fingerprint density at radius 2 is 2.16 bits per heavy atom. The molecule has 0 unspecified atom stereocenters. The molecule has 1 heterocycles. The lowest BCUT2D eigenvalue weighted by molar-refractivity contribution is -0.132. The Labute approximate surface area is 113 Å². The normalized spacial score (nSPS) is 14.8. The van der Waals surface area contributed by atoms with Crippen LogP contribution in [0.25, 0.3) is 10.9 Å². The summed E-state index contributed by atoms with van der Waals surface area (Å²) in [5, 5.41) is 1.24. The van der Waals surface area contributed by atoms with Crippen molar-refractivity contribution in [3.05, 3.63) is 36.0 Å². The molecule has 1 aromatic heterocycles. The molecule has 0 aliphatic heterocycles. The lowest BCUT2D eigenvalue weighted by atomic mass is 10.1. The molecular formula is C16H20N2O. The van der Waals surface area contributed by atoms with Crippen molar-refractivity contribution in [2.75, 3.05) is 6.54 Å². The van der Waals surface area contributed by atoms with Gasteiger partial charge in [0.25, 0.3) is 0 Å². The second-order valence-electron chi connectivity index (χ2n) is 5.36. The number of amides is 1. The molecule has 100 valence electrons. The Hall–Kier alpha value is -1.77. The van der Waals surface area contributed by atoms with Crippen LogP contribution in [0.2, 0.25) is 0 Å². The molecular weight excluding hydrogens is 236 g/mol. The van der Waals surface area contributed by atoms with Crippen LogP contribution in [0.15, 0.2) is 30.5 Å². The van der Waals surface area contributed by atoms with Crippen molar-refractivity contribution in [2.24, 2.45) is 0 Å². The zero-order chi connectivity index (χ0) is 13.4. The molecule has 2 aromatic rings. The fourth-order valence-corrected chi connectivity index (χ4v) is 2.78. The zero-order valence-electron chi connectivity index (χ0n) is 11.6. The molecule has 3 nitrogen and oxygen atoms in total. The lowest BCUT2D eigenvalue weighted by Gasteiger charge is -2.20.